The summed E-state index contributed by atoms with van der Waals surface area (Å²) in [6.07, 6.45) is 0. The largest absolute Gasteiger partial charge is 0.488 e. The lowest BCUT2D eigenvalue weighted by Crippen LogP contribution is -2.28. The molecule has 1 heterocycles. The molecule has 0 atom stereocenters. The molecule has 12 heavy (non-hydrogen) atoms. The number of rotatable bonds is 0. The molecule has 0 spiro atoms. The van der Waals surface area contributed by atoms with Gasteiger partial charge in [0.25, 0.3) is 0 Å². The van der Waals surface area contributed by atoms with E-state index in [1.165, 1.54) is 0 Å². The Labute approximate surface area is 80.3 Å². The van der Waals surface area contributed by atoms with Crippen molar-refractivity contribution < 1.29 is 4.74 Å². The molecule has 0 aromatic heterocycles. The Morgan fingerprint density at radius 2 is 2.33 bits per heavy atom. The molecule has 0 aliphatic carbocycles. The fraction of sp³-hybridized carbons (Fsp3) is 0.333. The normalized spacial score (nSPS) is 15.3. The minimum Gasteiger partial charge on any atom is -0.488 e. The molecule has 0 saturated heterocycles. The maximum atomic E-state index is 5.54. The van der Waals surface area contributed by atoms with Crippen molar-refractivity contribution in [2.45, 2.75) is 0 Å². The number of para-hydroxylation sites is 1. The summed E-state index contributed by atoms with van der Waals surface area (Å²) in [6.45, 7) is 1.73. The average Bonchev–Trinajstić information content (AvgIpc) is 2.07. The van der Waals surface area contributed by atoms with Crippen molar-refractivity contribution in [1.82, 2.24) is 0 Å². The van der Waals surface area contributed by atoms with Gasteiger partial charge in [-0.1, -0.05) is 6.07 Å². The van der Waals surface area contributed by atoms with Gasteiger partial charge in [0.1, 0.15) is 6.61 Å². The lowest BCUT2D eigenvalue weighted by molar-refractivity contribution is 0.309. The number of fused-ring (bicyclic) bond motifs is 1. The third-order valence-electron chi connectivity index (χ3n) is 2.03. The van der Waals surface area contributed by atoms with Gasteiger partial charge in [0, 0.05) is 7.05 Å². The molecular weight excluding hydrogens is 218 g/mol. The average molecular weight is 228 g/mol. The monoisotopic (exact) mass is 227 g/mol. The molecule has 3 heteroatoms. The predicted octanol–water partition coefficient (Wildman–Crippen LogP) is 2.28. The molecule has 0 radical (unpaired) electrons. The van der Waals surface area contributed by atoms with Gasteiger partial charge in [-0.3, -0.25) is 0 Å². The minimum absolute atomic E-state index is 0.770. The van der Waals surface area contributed by atoms with Crippen LogP contribution in [0.4, 0.5) is 5.69 Å². The lowest BCUT2D eigenvalue weighted by atomic mass is 10.2. The van der Waals surface area contributed by atoms with Gasteiger partial charge in [0.2, 0.25) is 0 Å². The van der Waals surface area contributed by atoms with E-state index in [4.69, 9.17) is 4.74 Å². The summed E-state index contributed by atoms with van der Waals surface area (Å²) in [5, 5.41) is 0. The van der Waals surface area contributed by atoms with Gasteiger partial charge in [0.15, 0.2) is 5.75 Å². The van der Waals surface area contributed by atoms with Crippen molar-refractivity contribution in [2.75, 3.05) is 25.1 Å². The lowest BCUT2D eigenvalue weighted by Gasteiger charge is -2.28. The third-order valence-corrected chi connectivity index (χ3v) is 2.65. The maximum Gasteiger partial charge on any atom is 0.156 e. The number of likely N-dealkylation sites (N-methyl/N-ethyl adjacent to an activating group) is 1. The molecule has 0 amide bonds. The molecule has 0 bridgehead atoms. The van der Waals surface area contributed by atoms with Gasteiger partial charge in [-0.15, -0.1) is 0 Å². The van der Waals surface area contributed by atoms with Crippen LogP contribution in [0.5, 0.6) is 5.75 Å². The van der Waals surface area contributed by atoms with Crippen molar-refractivity contribution in [3.05, 3.63) is 22.7 Å². The van der Waals surface area contributed by atoms with Crippen molar-refractivity contribution >= 4 is 21.6 Å². The fourth-order valence-corrected chi connectivity index (χ4v) is 1.82. The van der Waals surface area contributed by atoms with Gasteiger partial charge >= 0.3 is 0 Å². The van der Waals surface area contributed by atoms with E-state index in [2.05, 4.69) is 33.9 Å². The van der Waals surface area contributed by atoms with E-state index in [-0.39, 0.29) is 0 Å². The van der Waals surface area contributed by atoms with Crippen LogP contribution in [0, 0.1) is 0 Å². The molecular formula is C9H10BrNO. The van der Waals surface area contributed by atoms with Crippen LogP contribution in [0.25, 0.3) is 0 Å². The van der Waals surface area contributed by atoms with E-state index >= 15 is 0 Å². The first-order chi connectivity index (χ1) is 5.79. The Morgan fingerprint density at radius 3 is 3.08 bits per heavy atom. The van der Waals surface area contributed by atoms with E-state index in [0.29, 0.717) is 0 Å². The van der Waals surface area contributed by atoms with Gasteiger partial charge in [-0.25, -0.2) is 0 Å². The Bertz CT molecular complexity index is 301. The van der Waals surface area contributed by atoms with Crippen LogP contribution in [-0.4, -0.2) is 20.2 Å². The molecule has 1 aromatic rings. The summed E-state index contributed by atoms with van der Waals surface area (Å²) in [4.78, 5) is 2.20. The quantitative estimate of drug-likeness (QED) is 0.675. The first kappa shape index (κ1) is 7.92. The second kappa shape index (κ2) is 2.98. The topological polar surface area (TPSA) is 12.5 Å². The molecule has 0 saturated carbocycles. The zero-order valence-electron chi connectivity index (χ0n) is 6.88. The maximum absolute atomic E-state index is 5.54. The van der Waals surface area contributed by atoms with Gasteiger partial charge in [-0.05, 0) is 28.1 Å². The first-order valence-corrected chi connectivity index (χ1v) is 4.71. The zero-order valence-corrected chi connectivity index (χ0v) is 8.47. The van der Waals surface area contributed by atoms with Gasteiger partial charge in [-0.2, -0.15) is 0 Å². The Morgan fingerprint density at radius 1 is 1.50 bits per heavy atom. The predicted molar refractivity (Wildman–Crippen MR) is 52.9 cm³/mol. The van der Waals surface area contributed by atoms with Crippen molar-refractivity contribution in [2.24, 2.45) is 0 Å². The Balaban J connectivity index is 2.52. The highest BCUT2D eigenvalue weighted by Gasteiger charge is 2.16. The summed E-state index contributed by atoms with van der Waals surface area (Å²) in [7, 11) is 2.08. The Kier molecular flexibility index (Phi) is 1.97. The van der Waals surface area contributed by atoms with Crippen LogP contribution in [-0.2, 0) is 0 Å². The molecule has 64 valence electrons. The fourth-order valence-electron chi connectivity index (χ4n) is 1.35. The van der Waals surface area contributed by atoms with Crippen LogP contribution in [0.2, 0.25) is 0 Å². The van der Waals surface area contributed by atoms with Crippen LogP contribution in [0.3, 0.4) is 0 Å². The number of halogens is 1. The summed E-state index contributed by atoms with van der Waals surface area (Å²) >= 11 is 3.46. The van der Waals surface area contributed by atoms with E-state index in [1.807, 2.05) is 12.1 Å². The highest BCUT2D eigenvalue weighted by atomic mass is 79.9. The van der Waals surface area contributed by atoms with Crippen LogP contribution < -0.4 is 9.64 Å². The molecule has 0 fully saturated rings. The summed E-state index contributed by atoms with van der Waals surface area (Å²) in [6, 6.07) is 6.09. The molecule has 2 nitrogen and oxygen atoms in total. The number of benzene rings is 1. The SMILES string of the molecule is CN1CCOc2c(Br)cccc21. The number of hydrogen-bond acceptors (Lipinski definition) is 2. The second-order valence-corrected chi connectivity index (χ2v) is 3.71. The molecule has 2 rings (SSSR count). The van der Waals surface area contributed by atoms with Crippen LogP contribution >= 0.6 is 15.9 Å². The van der Waals surface area contributed by atoms with Crippen molar-refractivity contribution in [1.29, 1.82) is 0 Å². The molecule has 0 N–H and O–H groups in total. The summed E-state index contributed by atoms with van der Waals surface area (Å²) in [5.74, 6) is 0.964. The summed E-state index contributed by atoms with van der Waals surface area (Å²) in [5.41, 5.74) is 1.16. The van der Waals surface area contributed by atoms with Gasteiger partial charge < -0.3 is 9.64 Å². The molecule has 0 unspecified atom stereocenters. The van der Waals surface area contributed by atoms with E-state index in [0.717, 1.165) is 29.1 Å². The second-order valence-electron chi connectivity index (χ2n) is 2.86. The zero-order chi connectivity index (χ0) is 8.55. The molecule has 1 aliphatic heterocycles. The smallest absolute Gasteiger partial charge is 0.156 e. The van der Waals surface area contributed by atoms with Crippen molar-refractivity contribution in [3.8, 4) is 5.75 Å². The Hall–Kier alpha value is -0.700. The molecule has 1 aliphatic rings. The van der Waals surface area contributed by atoms with Crippen LogP contribution in [0.15, 0.2) is 22.7 Å². The van der Waals surface area contributed by atoms with Crippen molar-refractivity contribution in [3.63, 3.8) is 0 Å². The number of ether oxygens (including phenoxy) is 1. The van der Waals surface area contributed by atoms with E-state index in [1.54, 1.807) is 0 Å². The van der Waals surface area contributed by atoms with E-state index < -0.39 is 0 Å². The van der Waals surface area contributed by atoms with E-state index in [9.17, 15) is 0 Å². The highest BCUT2D eigenvalue weighted by molar-refractivity contribution is 9.10. The third kappa shape index (κ3) is 1.18. The standard InChI is InChI=1S/C9H10BrNO/c1-11-5-6-12-9-7(10)3-2-4-8(9)11/h2-4H,5-6H2,1H3. The minimum atomic E-state index is 0.770. The summed E-state index contributed by atoms with van der Waals surface area (Å²) < 4.78 is 6.57. The number of anilines is 1. The number of hydrogen-bond donors (Lipinski definition) is 0. The van der Waals surface area contributed by atoms with Crippen LogP contribution in [0.1, 0.15) is 0 Å². The highest BCUT2D eigenvalue weighted by Crippen LogP contribution is 2.36. The van der Waals surface area contributed by atoms with Gasteiger partial charge in [0.05, 0.1) is 16.7 Å². The first-order valence-electron chi connectivity index (χ1n) is 3.91. The number of nitrogens with zero attached hydrogens (tertiary/aromatic N) is 1. The molecule has 1 aromatic carbocycles.